The molecule has 0 aliphatic carbocycles. The number of nitrogens with zero attached hydrogens (tertiary/aromatic N) is 3. The number of carbonyl (C=O) groups excluding carboxylic acids is 1. The van der Waals surface area contributed by atoms with E-state index in [1.165, 1.54) is 12.4 Å². The van der Waals surface area contributed by atoms with Crippen LogP contribution in [-0.2, 0) is 6.54 Å². The first-order valence-corrected chi connectivity index (χ1v) is 7.31. The van der Waals surface area contributed by atoms with Crippen molar-refractivity contribution < 1.29 is 9.21 Å². The highest BCUT2D eigenvalue weighted by molar-refractivity contribution is 5.96. The number of hydrogen-bond acceptors (Lipinski definition) is 5. The summed E-state index contributed by atoms with van der Waals surface area (Å²) < 4.78 is 6.87. The van der Waals surface area contributed by atoms with Crippen LogP contribution in [0.5, 0.6) is 0 Å². The summed E-state index contributed by atoms with van der Waals surface area (Å²) in [7, 11) is 0. The zero-order chi connectivity index (χ0) is 16.4. The Bertz CT molecular complexity index is 913. The molecule has 118 valence electrons. The Morgan fingerprint density at radius 2 is 2.17 bits per heavy atom. The van der Waals surface area contributed by atoms with Crippen LogP contribution in [0.25, 0.3) is 11.0 Å². The van der Waals surface area contributed by atoms with Gasteiger partial charge in [-0.05, 0) is 26.0 Å². The fourth-order valence-electron chi connectivity index (χ4n) is 2.41. The highest BCUT2D eigenvalue weighted by Gasteiger charge is 2.19. The minimum Gasteiger partial charge on any atom is -0.422 e. The van der Waals surface area contributed by atoms with Crippen LogP contribution in [-0.4, -0.2) is 20.7 Å². The quantitative estimate of drug-likeness (QED) is 0.743. The topological polar surface area (TPSA) is 90.0 Å². The second-order valence-corrected chi connectivity index (χ2v) is 5.11. The van der Waals surface area contributed by atoms with Gasteiger partial charge in [-0.1, -0.05) is 18.2 Å². The predicted octanol–water partition coefficient (Wildman–Crippen LogP) is 1.90. The maximum atomic E-state index is 12.4. The summed E-state index contributed by atoms with van der Waals surface area (Å²) >= 11 is 0. The van der Waals surface area contributed by atoms with E-state index in [-0.39, 0.29) is 11.6 Å². The molecule has 0 spiro atoms. The molecule has 0 aliphatic heterocycles. The van der Waals surface area contributed by atoms with Gasteiger partial charge < -0.3 is 9.73 Å². The maximum absolute atomic E-state index is 12.4. The maximum Gasteiger partial charge on any atom is 0.349 e. The van der Waals surface area contributed by atoms with Gasteiger partial charge in [0.2, 0.25) is 0 Å². The normalized spacial score (nSPS) is 12.3. The van der Waals surface area contributed by atoms with Crippen molar-refractivity contribution >= 4 is 16.9 Å². The van der Waals surface area contributed by atoms with Gasteiger partial charge in [-0.15, -0.1) is 0 Å². The van der Waals surface area contributed by atoms with E-state index in [1.54, 1.807) is 29.8 Å². The van der Waals surface area contributed by atoms with E-state index in [9.17, 15) is 9.59 Å². The van der Waals surface area contributed by atoms with Gasteiger partial charge in [0.25, 0.3) is 5.91 Å². The fraction of sp³-hybridized carbons (Fsp3) is 0.250. The van der Waals surface area contributed by atoms with Crippen LogP contribution in [0.15, 0.2) is 45.9 Å². The summed E-state index contributed by atoms with van der Waals surface area (Å²) in [5.74, 6) is 0.133. The van der Waals surface area contributed by atoms with Gasteiger partial charge in [-0.3, -0.25) is 4.79 Å². The van der Waals surface area contributed by atoms with Crippen molar-refractivity contribution in [3.63, 3.8) is 0 Å². The summed E-state index contributed by atoms with van der Waals surface area (Å²) in [5.41, 5.74) is -0.240. The first-order chi connectivity index (χ1) is 11.1. The average Bonchev–Trinajstić information content (AvgIpc) is 3.02. The standard InChI is InChI=1S/C16H16N4O3/c1-3-20-14(17-9-18-20)10(2)19-15(21)12-8-11-6-4-5-7-13(11)23-16(12)22/h4-10H,3H2,1-2H3,(H,19,21)/t10-/m1/s1. The molecule has 2 heterocycles. The van der Waals surface area contributed by atoms with Crippen molar-refractivity contribution in [1.29, 1.82) is 0 Å². The molecule has 2 aromatic heterocycles. The molecule has 7 nitrogen and oxygen atoms in total. The molecular formula is C16H16N4O3. The van der Waals surface area contributed by atoms with E-state index >= 15 is 0 Å². The molecule has 3 rings (SSSR count). The van der Waals surface area contributed by atoms with E-state index in [0.717, 1.165) is 0 Å². The van der Waals surface area contributed by atoms with Gasteiger partial charge in [0.1, 0.15) is 23.3 Å². The molecule has 0 unspecified atom stereocenters. The number of nitrogens with one attached hydrogen (secondary N) is 1. The lowest BCUT2D eigenvalue weighted by molar-refractivity contribution is 0.0934. The molecule has 3 aromatic rings. The lowest BCUT2D eigenvalue weighted by atomic mass is 10.1. The number of carbonyl (C=O) groups is 1. The Morgan fingerprint density at radius 3 is 2.96 bits per heavy atom. The monoisotopic (exact) mass is 312 g/mol. The second-order valence-electron chi connectivity index (χ2n) is 5.11. The first kappa shape index (κ1) is 15.0. The predicted molar refractivity (Wildman–Crippen MR) is 84.1 cm³/mol. The molecular weight excluding hydrogens is 296 g/mol. The molecule has 1 amide bonds. The zero-order valence-electron chi connectivity index (χ0n) is 12.8. The van der Waals surface area contributed by atoms with Crippen molar-refractivity contribution in [3.8, 4) is 0 Å². The summed E-state index contributed by atoms with van der Waals surface area (Å²) in [5, 5.41) is 7.52. The molecule has 1 atom stereocenters. The molecule has 0 aliphatic rings. The van der Waals surface area contributed by atoms with Crippen LogP contribution in [0.4, 0.5) is 0 Å². The number of amides is 1. The molecule has 23 heavy (non-hydrogen) atoms. The van der Waals surface area contributed by atoms with Gasteiger partial charge in [0, 0.05) is 11.9 Å². The number of aryl methyl sites for hydroxylation is 1. The van der Waals surface area contributed by atoms with Crippen LogP contribution in [0.1, 0.15) is 36.1 Å². The molecule has 0 radical (unpaired) electrons. The van der Waals surface area contributed by atoms with Gasteiger partial charge in [-0.2, -0.15) is 5.10 Å². The van der Waals surface area contributed by atoms with E-state index in [0.29, 0.717) is 23.3 Å². The Labute approximate surface area is 131 Å². The minimum atomic E-state index is -0.662. The van der Waals surface area contributed by atoms with Crippen LogP contribution < -0.4 is 10.9 Å². The fourth-order valence-corrected chi connectivity index (χ4v) is 2.41. The highest BCUT2D eigenvalue weighted by Crippen LogP contribution is 2.14. The second kappa shape index (κ2) is 6.04. The number of rotatable bonds is 4. The van der Waals surface area contributed by atoms with E-state index in [4.69, 9.17) is 4.42 Å². The zero-order valence-corrected chi connectivity index (χ0v) is 12.8. The summed E-state index contributed by atoms with van der Waals surface area (Å²) in [6, 6.07) is 8.21. The van der Waals surface area contributed by atoms with Crippen molar-refractivity contribution in [2.45, 2.75) is 26.4 Å². The van der Waals surface area contributed by atoms with Gasteiger partial charge in [0.15, 0.2) is 0 Å². The van der Waals surface area contributed by atoms with E-state index in [1.807, 2.05) is 13.0 Å². The van der Waals surface area contributed by atoms with Gasteiger partial charge >= 0.3 is 5.63 Å². The molecule has 0 bridgehead atoms. The molecule has 1 N–H and O–H groups in total. The Balaban J connectivity index is 1.89. The summed E-state index contributed by atoms with van der Waals surface area (Å²) in [4.78, 5) is 28.5. The smallest absolute Gasteiger partial charge is 0.349 e. The minimum absolute atomic E-state index is 0.0295. The average molecular weight is 312 g/mol. The highest BCUT2D eigenvalue weighted by atomic mass is 16.4. The third-order valence-corrected chi connectivity index (χ3v) is 3.57. The summed E-state index contributed by atoms with van der Waals surface area (Å²) in [6.45, 7) is 4.37. The number of benzene rings is 1. The third-order valence-electron chi connectivity index (χ3n) is 3.57. The molecule has 0 saturated heterocycles. The van der Waals surface area contributed by atoms with E-state index < -0.39 is 11.5 Å². The molecule has 1 aromatic carbocycles. The lowest BCUT2D eigenvalue weighted by Gasteiger charge is -2.13. The van der Waals surface area contributed by atoms with Gasteiger partial charge in [0.05, 0.1) is 6.04 Å². The van der Waals surface area contributed by atoms with Crippen LogP contribution in [0.2, 0.25) is 0 Å². The number of hydrogen-bond donors (Lipinski definition) is 1. The first-order valence-electron chi connectivity index (χ1n) is 7.31. The largest absolute Gasteiger partial charge is 0.422 e. The Morgan fingerprint density at radius 1 is 1.39 bits per heavy atom. The van der Waals surface area contributed by atoms with Crippen LogP contribution >= 0.6 is 0 Å². The molecule has 0 saturated carbocycles. The summed E-state index contributed by atoms with van der Waals surface area (Å²) in [6.07, 6.45) is 1.44. The SMILES string of the molecule is CCn1ncnc1[C@@H](C)NC(=O)c1cc2ccccc2oc1=O. The number of fused-ring (bicyclic) bond motifs is 1. The van der Waals surface area contributed by atoms with Crippen molar-refractivity contribution in [2.75, 3.05) is 0 Å². The van der Waals surface area contributed by atoms with Crippen LogP contribution in [0, 0.1) is 0 Å². The lowest BCUT2D eigenvalue weighted by Crippen LogP contribution is -2.32. The van der Waals surface area contributed by atoms with Crippen molar-refractivity contribution in [2.24, 2.45) is 0 Å². The van der Waals surface area contributed by atoms with Crippen molar-refractivity contribution in [1.82, 2.24) is 20.1 Å². The molecule has 0 fully saturated rings. The Hall–Kier alpha value is -2.96. The van der Waals surface area contributed by atoms with Gasteiger partial charge in [-0.25, -0.2) is 14.5 Å². The Kier molecular flexibility index (Phi) is 3.92. The van der Waals surface area contributed by atoms with Crippen LogP contribution in [0.3, 0.4) is 0 Å². The number of aromatic nitrogens is 3. The van der Waals surface area contributed by atoms with Crippen molar-refractivity contribution in [3.05, 3.63) is 58.5 Å². The van der Waals surface area contributed by atoms with E-state index in [2.05, 4.69) is 15.4 Å². The molecule has 7 heteroatoms. The number of para-hydroxylation sites is 1. The third kappa shape index (κ3) is 2.85.